The van der Waals surface area contributed by atoms with Gasteiger partial charge in [0.15, 0.2) is 11.6 Å². The number of halogens is 4. The first-order valence-corrected chi connectivity index (χ1v) is 12.9. The Hall–Kier alpha value is -3.62. The summed E-state index contributed by atoms with van der Waals surface area (Å²) in [5.74, 6) is -0.682. The van der Waals surface area contributed by atoms with Crippen molar-refractivity contribution in [2.45, 2.75) is 70.8 Å². The number of nitriles is 1. The number of carbonyl (C=O) groups excluding carboxylic acids is 1. The summed E-state index contributed by atoms with van der Waals surface area (Å²) < 4.78 is 59.8. The summed E-state index contributed by atoms with van der Waals surface area (Å²) >= 11 is 0. The van der Waals surface area contributed by atoms with Crippen molar-refractivity contribution in [2.75, 3.05) is 29.9 Å². The summed E-state index contributed by atoms with van der Waals surface area (Å²) in [5.41, 5.74) is -1.59. The standard InChI is InChI=1S/C27H32F4N6O2/c1-25(2,3)39-24(38)36-12-10-26(15-32,11-13-36)16-33-22-21(28)23(35-17-34-22)37(20-8-9-20)14-18-4-6-19(7-5-18)27(29,30)31/h4-7,17,20H,8-14,16H2,1-3H3,(H,33,34,35). The second kappa shape index (κ2) is 10.9. The summed E-state index contributed by atoms with van der Waals surface area (Å²) in [4.78, 5) is 23.9. The number of rotatable bonds is 7. The first kappa shape index (κ1) is 28.4. The molecule has 0 radical (unpaired) electrons. The predicted octanol–water partition coefficient (Wildman–Crippen LogP) is 5.76. The molecule has 2 fully saturated rings. The minimum Gasteiger partial charge on any atom is -0.444 e. The lowest BCUT2D eigenvalue weighted by atomic mass is 9.80. The first-order valence-electron chi connectivity index (χ1n) is 12.9. The maximum atomic E-state index is 15.6. The molecular weight excluding hydrogens is 516 g/mol. The molecule has 1 N–H and O–H groups in total. The summed E-state index contributed by atoms with van der Waals surface area (Å²) in [6, 6.07) is 7.15. The van der Waals surface area contributed by atoms with E-state index in [0.717, 1.165) is 25.0 Å². The molecule has 4 rings (SSSR count). The number of alkyl halides is 3. The van der Waals surface area contributed by atoms with Gasteiger partial charge in [-0.2, -0.15) is 22.8 Å². The van der Waals surface area contributed by atoms with Crippen LogP contribution in [0.5, 0.6) is 0 Å². The Morgan fingerprint density at radius 3 is 2.36 bits per heavy atom. The van der Waals surface area contributed by atoms with Gasteiger partial charge in [0.05, 0.1) is 17.0 Å². The summed E-state index contributed by atoms with van der Waals surface area (Å²) in [7, 11) is 0. The van der Waals surface area contributed by atoms with Crippen LogP contribution in [0.4, 0.5) is 34.0 Å². The van der Waals surface area contributed by atoms with Crippen LogP contribution in [0.2, 0.25) is 0 Å². The van der Waals surface area contributed by atoms with Crippen LogP contribution >= 0.6 is 0 Å². The molecule has 1 aliphatic heterocycles. The van der Waals surface area contributed by atoms with E-state index in [9.17, 15) is 23.2 Å². The molecule has 0 bridgehead atoms. The number of amides is 1. The van der Waals surface area contributed by atoms with Crippen molar-refractivity contribution in [1.29, 1.82) is 5.26 Å². The number of aromatic nitrogens is 2. The smallest absolute Gasteiger partial charge is 0.416 e. The van der Waals surface area contributed by atoms with E-state index in [1.165, 1.54) is 18.5 Å². The van der Waals surface area contributed by atoms with Gasteiger partial charge in [-0.05, 0) is 64.2 Å². The van der Waals surface area contributed by atoms with Crippen LogP contribution < -0.4 is 10.2 Å². The largest absolute Gasteiger partial charge is 0.444 e. The van der Waals surface area contributed by atoms with Crippen molar-refractivity contribution >= 4 is 17.7 Å². The van der Waals surface area contributed by atoms with Gasteiger partial charge >= 0.3 is 12.3 Å². The summed E-state index contributed by atoms with van der Waals surface area (Å²) in [6.45, 7) is 6.36. The number of hydrogen-bond donors (Lipinski definition) is 1. The van der Waals surface area contributed by atoms with Gasteiger partial charge < -0.3 is 19.9 Å². The highest BCUT2D eigenvalue weighted by molar-refractivity contribution is 5.68. The lowest BCUT2D eigenvalue weighted by Gasteiger charge is -2.38. The SMILES string of the molecule is CC(C)(C)OC(=O)N1CCC(C#N)(CNc2ncnc(N(Cc3ccc(C(F)(F)F)cc3)C3CC3)c2F)CC1. The predicted molar refractivity (Wildman–Crippen MR) is 136 cm³/mol. The molecule has 1 aromatic carbocycles. The lowest BCUT2D eigenvalue weighted by molar-refractivity contribution is -0.137. The molecule has 1 saturated heterocycles. The highest BCUT2D eigenvalue weighted by atomic mass is 19.4. The maximum absolute atomic E-state index is 15.6. The number of benzene rings is 1. The van der Waals surface area contributed by atoms with Crippen molar-refractivity contribution in [3.8, 4) is 6.07 Å². The first-order chi connectivity index (χ1) is 18.3. The molecular formula is C27H32F4N6O2. The van der Waals surface area contributed by atoms with Crippen LogP contribution in [-0.4, -0.2) is 52.2 Å². The molecule has 12 heteroatoms. The quantitative estimate of drug-likeness (QED) is 0.440. The third-order valence-corrected chi connectivity index (χ3v) is 6.87. The van der Waals surface area contributed by atoms with Crippen LogP contribution in [0.3, 0.4) is 0 Å². The van der Waals surface area contributed by atoms with Crippen molar-refractivity contribution in [1.82, 2.24) is 14.9 Å². The van der Waals surface area contributed by atoms with Gasteiger partial charge in [-0.15, -0.1) is 0 Å². The zero-order valence-corrected chi connectivity index (χ0v) is 22.2. The zero-order chi connectivity index (χ0) is 28.4. The molecule has 39 heavy (non-hydrogen) atoms. The topological polar surface area (TPSA) is 94.4 Å². The molecule has 0 unspecified atom stereocenters. The zero-order valence-electron chi connectivity index (χ0n) is 22.2. The van der Waals surface area contributed by atoms with Crippen LogP contribution in [-0.2, 0) is 17.5 Å². The molecule has 1 amide bonds. The highest BCUT2D eigenvalue weighted by Gasteiger charge is 2.38. The second-order valence-corrected chi connectivity index (χ2v) is 11.1. The Kier molecular flexibility index (Phi) is 7.91. The van der Waals surface area contributed by atoms with Gasteiger partial charge in [-0.3, -0.25) is 0 Å². The van der Waals surface area contributed by atoms with Crippen molar-refractivity contribution in [3.05, 3.63) is 47.5 Å². The van der Waals surface area contributed by atoms with E-state index in [1.807, 2.05) is 0 Å². The number of hydrogen-bond acceptors (Lipinski definition) is 7. The molecule has 2 heterocycles. The van der Waals surface area contributed by atoms with E-state index in [0.29, 0.717) is 31.5 Å². The average molecular weight is 549 g/mol. The second-order valence-electron chi connectivity index (χ2n) is 11.1. The summed E-state index contributed by atoms with van der Waals surface area (Å²) in [5, 5.41) is 12.9. The van der Waals surface area contributed by atoms with Gasteiger partial charge in [0.1, 0.15) is 11.9 Å². The number of anilines is 2. The third kappa shape index (κ3) is 7.07. The van der Waals surface area contributed by atoms with Crippen LogP contribution in [0.25, 0.3) is 0 Å². The molecule has 1 saturated carbocycles. The molecule has 210 valence electrons. The number of piperidine rings is 1. The minimum atomic E-state index is -4.43. The van der Waals surface area contributed by atoms with Crippen molar-refractivity contribution < 1.29 is 27.1 Å². The molecule has 0 atom stereocenters. The molecule has 1 aliphatic carbocycles. The van der Waals surface area contributed by atoms with E-state index in [4.69, 9.17) is 4.74 Å². The minimum absolute atomic E-state index is 0.0205. The monoisotopic (exact) mass is 548 g/mol. The van der Waals surface area contributed by atoms with Gasteiger partial charge in [-0.25, -0.2) is 14.8 Å². The Morgan fingerprint density at radius 2 is 1.82 bits per heavy atom. The number of carbonyl (C=O) groups is 1. The van der Waals surface area contributed by atoms with E-state index in [-0.39, 0.29) is 30.8 Å². The fourth-order valence-electron chi connectivity index (χ4n) is 4.47. The Balaban J connectivity index is 1.43. The van der Waals surface area contributed by atoms with Gasteiger partial charge in [0.25, 0.3) is 0 Å². The fourth-order valence-corrected chi connectivity index (χ4v) is 4.47. The highest BCUT2D eigenvalue weighted by Crippen LogP contribution is 2.36. The van der Waals surface area contributed by atoms with E-state index >= 15 is 4.39 Å². The third-order valence-electron chi connectivity index (χ3n) is 6.87. The van der Waals surface area contributed by atoms with Crippen LogP contribution in [0.15, 0.2) is 30.6 Å². The van der Waals surface area contributed by atoms with Gasteiger partial charge in [-0.1, -0.05) is 12.1 Å². The summed E-state index contributed by atoms with van der Waals surface area (Å²) in [6.07, 6.45) is -1.22. The van der Waals surface area contributed by atoms with Gasteiger partial charge in [0.2, 0.25) is 5.82 Å². The van der Waals surface area contributed by atoms with Crippen molar-refractivity contribution in [2.24, 2.45) is 5.41 Å². The maximum Gasteiger partial charge on any atom is 0.416 e. The van der Waals surface area contributed by atoms with Gasteiger partial charge in [0, 0.05) is 32.2 Å². The van der Waals surface area contributed by atoms with E-state index < -0.39 is 34.7 Å². The number of nitrogens with zero attached hydrogens (tertiary/aromatic N) is 5. The normalized spacial score (nSPS) is 17.3. The van der Waals surface area contributed by atoms with E-state index in [1.54, 1.807) is 30.6 Å². The van der Waals surface area contributed by atoms with Crippen LogP contribution in [0, 0.1) is 22.6 Å². The molecule has 0 spiro atoms. The Labute approximate surface area is 225 Å². The molecule has 1 aromatic heterocycles. The van der Waals surface area contributed by atoms with Crippen molar-refractivity contribution in [3.63, 3.8) is 0 Å². The number of nitrogens with one attached hydrogen (secondary N) is 1. The molecule has 2 aliphatic rings. The average Bonchev–Trinajstić information content (AvgIpc) is 3.71. The van der Waals surface area contributed by atoms with Crippen LogP contribution in [0.1, 0.15) is 57.6 Å². The number of likely N-dealkylation sites (tertiary alicyclic amines) is 1. The van der Waals surface area contributed by atoms with E-state index in [2.05, 4.69) is 21.4 Å². The Bertz CT molecular complexity index is 1210. The fraction of sp³-hybridized carbons (Fsp3) is 0.556. The lowest BCUT2D eigenvalue weighted by Crippen LogP contribution is -2.46. The molecule has 8 nitrogen and oxygen atoms in total. The Morgan fingerprint density at radius 1 is 1.18 bits per heavy atom. The number of ether oxygens (including phenoxy) is 1. The molecule has 2 aromatic rings.